The van der Waals surface area contributed by atoms with Gasteiger partial charge in [-0.2, -0.15) is 0 Å². The van der Waals surface area contributed by atoms with Crippen molar-refractivity contribution in [2.45, 2.75) is 116 Å². The third kappa shape index (κ3) is 8.24. The first-order valence-corrected chi connectivity index (χ1v) is 14.1. The first kappa shape index (κ1) is 29.5. The van der Waals surface area contributed by atoms with Crippen LogP contribution in [-0.4, -0.2) is 46.5 Å². The maximum absolute atomic E-state index is 14.3. The second-order valence-corrected chi connectivity index (χ2v) is 12.4. The molecule has 0 saturated heterocycles. The number of hydrogen-bond acceptors (Lipinski definition) is 4. The molecule has 2 fully saturated rings. The molecule has 0 heterocycles. The van der Waals surface area contributed by atoms with Crippen LogP contribution in [0.15, 0.2) is 24.3 Å². The number of nitrogens with zero attached hydrogens (tertiary/aromatic N) is 1. The number of carbonyl (C=O) groups excluding carboxylic acids is 3. The van der Waals surface area contributed by atoms with Crippen LogP contribution in [-0.2, 0) is 14.3 Å². The Morgan fingerprint density at radius 1 is 1.11 bits per heavy atom. The zero-order chi connectivity index (χ0) is 28.0. The molecule has 0 spiro atoms. The highest BCUT2D eigenvalue weighted by Crippen LogP contribution is 2.41. The molecule has 0 aliphatic heterocycles. The standard InChI is InChI=1S/C31H45N3O4/c1-8-22-14-16-23(17-15-22)27(28(35)32-24-12-10-9-11-13-24)34(26-19-21(26)4)29(36)25(18-20(2)3)33-30(37)38-31(5,6)7/h1,14-17,20-21,24-27H,9-13,18-19H2,2-7H3,(H,32,35)(H,33,37). The van der Waals surface area contributed by atoms with Gasteiger partial charge in [0.25, 0.3) is 0 Å². The summed E-state index contributed by atoms with van der Waals surface area (Å²) in [6.07, 6.45) is 11.4. The summed E-state index contributed by atoms with van der Waals surface area (Å²) in [7, 11) is 0. The van der Waals surface area contributed by atoms with E-state index in [9.17, 15) is 14.4 Å². The highest BCUT2D eigenvalue weighted by molar-refractivity contribution is 5.92. The zero-order valence-electron chi connectivity index (χ0n) is 23.9. The number of terminal acetylenes is 1. The van der Waals surface area contributed by atoms with E-state index in [-0.39, 0.29) is 35.7 Å². The van der Waals surface area contributed by atoms with Gasteiger partial charge in [0, 0.05) is 17.6 Å². The second-order valence-electron chi connectivity index (χ2n) is 12.4. The number of carbonyl (C=O) groups is 3. The van der Waals surface area contributed by atoms with E-state index in [1.807, 2.05) is 26.0 Å². The number of benzene rings is 1. The van der Waals surface area contributed by atoms with Gasteiger partial charge in [-0.15, -0.1) is 6.42 Å². The summed E-state index contributed by atoms with van der Waals surface area (Å²) in [6, 6.07) is 5.67. The molecule has 3 rings (SSSR count). The molecule has 4 unspecified atom stereocenters. The van der Waals surface area contributed by atoms with E-state index in [1.165, 1.54) is 6.42 Å². The van der Waals surface area contributed by atoms with Gasteiger partial charge in [-0.3, -0.25) is 9.59 Å². The van der Waals surface area contributed by atoms with Gasteiger partial charge >= 0.3 is 6.09 Å². The minimum absolute atomic E-state index is 0.0907. The van der Waals surface area contributed by atoms with E-state index in [4.69, 9.17) is 11.2 Å². The molecule has 2 N–H and O–H groups in total. The van der Waals surface area contributed by atoms with Crippen molar-refractivity contribution in [2.75, 3.05) is 0 Å². The summed E-state index contributed by atoms with van der Waals surface area (Å²) >= 11 is 0. The van der Waals surface area contributed by atoms with Crippen molar-refractivity contribution in [2.24, 2.45) is 11.8 Å². The Bertz CT molecular complexity index is 1020. The summed E-state index contributed by atoms with van der Waals surface area (Å²) < 4.78 is 5.48. The lowest BCUT2D eigenvalue weighted by atomic mass is 9.94. The Balaban J connectivity index is 1.97. The normalized spacial score (nSPS) is 21.1. The number of rotatable bonds is 9. The zero-order valence-corrected chi connectivity index (χ0v) is 23.9. The van der Waals surface area contributed by atoms with Gasteiger partial charge in [0.15, 0.2) is 0 Å². The number of hydrogen-bond donors (Lipinski definition) is 2. The van der Waals surface area contributed by atoms with Crippen LogP contribution in [0.25, 0.3) is 0 Å². The van der Waals surface area contributed by atoms with Crippen molar-refractivity contribution in [1.82, 2.24) is 15.5 Å². The molecule has 1 aromatic rings. The van der Waals surface area contributed by atoms with Gasteiger partial charge in [-0.05, 0) is 76.0 Å². The van der Waals surface area contributed by atoms with Gasteiger partial charge in [0.2, 0.25) is 11.8 Å². The van der Waals surface area contributed by atoms with Crippen LogP contribution in [0.5, 0.6) is 0 Å². The molecule has 7 heteroatoms. The number of amides is 3. The van der Waals surface area contributed by atoms with Crippen LogP contribution < -0.4 is 10.6 Å². The quantitative estimate of drug-likeness (QED) is 0.428. The van der Waals surface area contributed by atoms with Crippen molar-refractivity contribution in [1.29, 1.82) is 0 Å². The average Bonchev–Trinajstić information content (AvgIpc) is 3.56. The van der Waals surface area contributed by atoms with Crippen molar-refractivity contribution >= 4 is 17.9 Å². The van der Waals surface area contributed by atoms with Crippen molar-refractivity contribution in [3.63, 3.8) is 0 Å². The lowest BCUT2D eigenvalue weighted by Crippen LogP contribution is -2.55. The molecular formula is C31H45N3O4. The maximum atomic E-state index is 14.3. The fourth-order valence-corrected chi connectivity index (χ4v) is 5.22. The van der Waals surface area contributed by atoms with Crippen LogP contribution in [0.1, 0.15) is 104 Å². The van der Waals surface area contributed by atoms with E-state index >= 15 is 0 Å². The second kappa shape index (κ2) is 12.7. The van der Waals surface area contributed by atoms with Crippen LogP contribution in [0.4, 0.5) is 4.79 Å². The molecular weight excluding hydrogens is 478 g/mol. The highest BCUT2D eigenvalue weighted by Gasteiger charge is 2.48. The molecule has 2 aliphatic carbocycles. The lowest BCUT2D eigenvalue weighted by molar-refractivity contribution is -0.144. The molecule has 0 radical (unpaired) electrons. The highest BCUT2D eigenvalue weighted by atomic mass is 16.6. The maximum Gasteiger partial charge on any atom is 0.408 e. The van der Waals surface area contributed by atoms with Gasteiger partial charge in [0.05, 0.1) is 0 Å². The van der Waals surface area contributed by atoms with Crippen molar-refractivity contribution in [3.8, 4) is 12.3 Å². The Morgan fingerprint density at radius 3 is 2.21 bits per heavy atom. The average molecular weight is 524 g/mol. The molecule has 7 nitrogen and oxygen atoms in total. The predicted octanol–water partition coefficient (Wildman–Crippen LogP) is 5.33. The Labute approximate surface area is 228 Å². The first-order valence-electron chi connectivity index (χ1n) is 14.1. The molecule has 4 atom stereocenters. The SMILES string of the molecule is C#Cc1ccc(C(C(=O)NC2CCCCC2)N(C(=O)C(CC(C)C)NC(=O)OC(C)(C)C)C2CC2C)cc1. The number of nitrogens with one attached hydrogen (secondary N) is 2. The third-order valence-corrected chi connectivity index (χ3v) is 7.25. The summed E-state index contributed by atoms with van der Waals surface area (Å²) in [5.41, 5.74) is 0.731. The molecule has 0 aromatic heterocycles. The van der Waals surface area contributed by atoms with E-state index in [2.05, 4.69) is 23.5 Å². The molecule has 2 saturated carbocycles. The van der Waals surface area contributed by atoms with Crippen LogP contribution >= 0.6 is 0 Å². The van der Waals surface area contributed by atoms with Crippen LogP contribution in [0.3, 0.4) is 0 Å². The van der Waals surface area contributed by atoms with Crippen molar-refractivity contribution < 1.29 is 19.1 Å². The van der Waals surface area contributed by atoms with Crippen LogP contribution in [0, 0.1) is 24.2 Å². The molecule has 1 aromatic carbocycles. The number of alkyl carbamates (subject to hydrolysis) is 1. The largest absolute Gasteiger partial charge is 0.444 e. The molecule has 38 heavy (non-hydrogen) atoms. The summed E-state index contributed by atoms with van der Waals surface area (Å²) in [5.74, 6) is 2.58. The Hall–Kier alpha value is -3.01. The van der Waals surface area contributed by atoms with E-state index in [0.717, 1.165) is 32.1 Å². The fourth-order valence-electron chi connectivity index (χ4n) is 5.22. The van der Waals surface area contributed by atoms with E-state index in [1.54, 1.807) is 37.8 Å². The topological polar surface area (TPSA) is 87.7 Å². The van der Waals surface area contributed by atoms with Gasteiger partial charge < -0.3 is 20.3 Å². The molecule has 208 valence electrons. The number of ether oxygens (including phenoxy) is 1. The minimum atomic E-state index is -0.818. The van der Waals surface area contributed by atoms with E-state index < -0.39 is 23.8 Å². The van der Waals surface area contributed by atoms with Gasteiger partial charge in [0.1, 0.15) is 17.7 Å². The lowest BCUT2D eigenvalue weighted by Gasteiger charge is -2.36. The summed E-state index contributed by atoms with van der Waals surface area (Å²) in [6.45, 7) is 11.5. The Morgan fingerprint density at radius 2 is 1.71 bits per heavy atom. The molecule has 2 aliphatic rings. The van der Waals surface area contributed by atoms with E-state index in [0.29, 0.717) is 17.5 Å². The predicted molar refractivity (Wildman–Crippen MR) is 149 cm³/mol. The summed E-state index contributed by atoms with van der Waals surface area (Å²) in [4.78, 5) is 42.7. The van der Waals surface area contributed by atoms with Gasteiger partial charge in [-0.1, -0.05) is 58.1 Å². The molecule has 0 bridgehead atoms. The smallest absolute Gasteiger partial charge is 0.408 e. The van der Waals surface area contributed by atoms with Gasteiger partial charge in [-0.25, -0.2) is 4.79 Å². The minimum Gasteiger partial charge on any atom is -0.444 e. The summed E-state index contributed by atoms with van der Waals surface area (Å²) in [5, 5.41) is 6.06. The van der Waals surface area contributed by atoms with Crippen molar-refractivity contribution in [3.05, 3.63) is 35.4 Å². The fraction of sp³-hybridized carbons (Fsp3) is 0.645. The first-order chi connectivity index (χ1) is 17.9. The molecule has 3 amide bonds. The third-order valence-electron chi connectivity index (χ3n) is 7.25. The van der Waals surface area contributed by atoms with Crippen LogP contribution in [0.2, 0.25) is 0 Å². The Kier molecular flexibility index (Phi) is 9.87. The monoisotopic (exact) mass is 523 g/mol.